The van der Waals surface area contributed by atoms with Gasteiger partial charge in [-0.1, -0.05) is 19.0 Å². The molecule has 0 aliphatic carbocycles. The number of hydrogen-bond donors (Lipinski definition) is 1. The topological polar surface area (TPSA) is 110 Å². The molecule has 8 nitrogen and oxygen atoms in total. The Labute approximate surface area is 146 Å². The quantitative estimate of drug-likeness (QED) is 0.852. The molecule has 1 saturated heterocycles. The molecule has 3 rings (SSSR count). The molecule has 25 heavy (non-hydrogen) atoms. The van der Waals surface area contributed by atoms with Crippen molar-refractivity contribution < 1.29 is 9.26 Å². The van der Waals surface area contributed by atoms with Crippen molar-refractivity contribution in [3.05, 3.63) is 28.5 Å². The number of aryl methyl sites for hydroxylation is 2. The molecule has 0 spiro atoms. The second kappa shape index (κ2) is 7.57. The standard InChI is InChI=1S/C17H22N6O2/c1-4-12-13(8-18)16(22-21-14(12)5-2)19-9-11-6-7-15(24-11)17-20-10(3)23-25-17/h11,15H,4-7,9H2,1-3H3,(H,19,22)/t11-,15+/m1/s1. The predicted octanol–water partition coefficient (Wildman–Crippen LogP) is 2.50. The average molecular weight is 342 g/mol. The lowest BCUT2D eigenvalue weighted by Crippen LogP contribution is -2.21. The average Bonchev–Trinajstić information content (AvgIpc) is 3.27. The maximum atomic E-state index is 9.52. The Morgan fingerprint density at radius 2 is 2.08 bits per heavy atom. The van der Waals surface area contributed by atoms with Gasteiger partial charge < -0.3 is 14.6 Å². The van der Waals surface area contributed by atoms with Gasteiger partial charge in [-0.05, 0) is 38.2 Å². The first-order valence-corrected chi connectivity index (χ1v) is 8.64. The van der Waals surface area contributed by atoms with Crippen LogP contribution in [0.1, 0.15) is 61.3 Å². The number of nitriles is 1. The van der Waals surface area contributed by atoms with E-state index in [2.05, 4.69) is 31.7 Å². The van der Waals surface area contributed by atoms with Crippen molar-refractivity contribution in [2.75, 3.05) is 11.9 Å². The number of nitrogens with one attached hydrogen (secondary N) is 1. The number of nitrogens with zero attached hydrogens (tertiary/aromatic N) is 5. The normalized spacial score (nSPS) is 19.8. The van der Waals surface area contributed by atoms with E-state index in [9.17, 15) is 5.26 Å². The minimum Gasteiger partial charge on any atom is -0.365 e. The number of rotatable bonds is 6. The maximum absolute atomic E-state index is 9.52. The zero-order valence-corrected chi connectivity index (χ0v) is 14.7. The fourth-order valence-electron chi connectivity index (χ4n) is 3.11. The zero-order chi connectivity index (χ0) is 17.8. The van der Waals surface area contributed by atoms with Crippen molar-refractivity contribution in [2.45, 2.75) is 58.7 Å². The van der Waals surface area contributed by atoms with E-state index in [1.807, 2.05) is 13.8 Å². The molecule has 0 amide bonds. The molecule has 0 aromatic carbocycles. The fourth-order valence-corrected chi connectivity index (χ4v) is 3.11. The molecule has 2 atom stereocenters. The summed E-state index contributed by atoms with van der Waals surface area (Å²) >= 11 is 0. The summed E-state index contributed by atoms with van der Waals surface area (Å²) in [6, 6.07) is 2.26. The van der Waals surface area contributed by atoms with Crippen LogP contribution in [0, 0.1) is 18.3 Å². The van der Waals surface area contributed by atoms with Crippen molar-refractivity contribution in [2.24, 2.45) is 0 Å². The van der Waals surface area contributed by atoms with Crippen LogP contribution in [-0.2, 0) is 17.6 Å². The maximum Gasteiger partial charge on any atom is 0.255 e. The van der Waals surface area contributed by atoms with Crippen molar-refractivity contribution in [3.63, 3.8) is 0 Å². The fraction of sp³-hybridized carbons (Fsp3) is 0.588. The van der Waals surface area contributed by atoms with Crippen molar-refractivity contribution in [1.82, 2.24) is 20.3 Å². The van der Waals surface area contributed by atoms with E-state index in [1.54, 1.807) is 6.92 Å². The Morgan fingerprint density at radius 3 is 2.72 bits per heavy atom. The van der Waals surface area contributed by atoms with Crippen LogP contribution in [-0.4, -0.2) is 33.0 Å². The van der Waals surface area contributed by atoms with Crippen LogP contribution in [0.25, 0.3) is 0 Å². The first-order chi connectivity index (χ1) is 12.2. The number of anilines is 1. The third-order valence-electron chi connectivity index (χ3n) is 4.38. The van der Waals surface area contributed by atoms with Crippen molar-refractivity contribution in [1.29, 1.82) is 5.26 Å². The van der Waals surface area contributed by atoms with Crippen LogP contribution >= 0.6 is 0 Å². The minimum absolute atomic E-state index is 0.00137. The lowest BCUT2D eigenvalue weighted by molar-refractivity contribution is 0.0326. The van der Waals surface area contributed by atoms with Crippen LogP contribution in [0.15, 0.2) is 4.52 Å². The lowest BCUT2D eigenvalue weighted by atomic mass is 10.0. The van der Waals surface area contributed by atoms with E-state index in [0.29, 0.717) is 29.6 Å². The Morgan fingerprint density at radius 1 is 1.24 bits per heavy atom. The van der Waals surface area contributed by atoms with Gasteiger partial charge in [-0.3, -0.25) is 0 Å². The van der Waals surface area contributed by atoms with Gasteiger partial charge >= 0.3 is 0 Å². The first-order valence-electron chi connectivity index (χ1n) is 8.64. The van der Waals surface area contributed by atoms with Gasteiger partial charge in [0.2, 0.25) is 0 Å². The van der Waals surface area contributed by atoms with E-state index in [-0.39, 0.29) is 12.2 Å². The van der Waals surface area contributed by atoms with Crippen molar-refractivity contribution >= 4 is 5.82 Å². The van der Waals surface area contributed by atoms with E-state index >= 15 is 0 Å². The molecular formula is C17H22N6O2. The van der Waals surface area contributed by atoms with Gasteiger partial charge in [0, 0.05) is 6.54 Å². The molecule has 2 aromatic rings. The number of aromatic nitrogens is 4. The zero-order valence-electron chi connectivity index (χ0n) is 14.7. The highest BCUT2D eigenvalue weighted by Crippen LogP contribution is 2.32. The predicted molar refractivity (Wildman–Crippen MR) is 89.9 cm³/mol. The molecule has 0 saturated carbocycles. The molecule has 1 N–H and O–H groups in total. The molecular weight excluding hydrogens is 320 g/mol. The van der Waals surface area contributed by atoms with E-state index in [0.717, 1.165) is 36.9 Å². The third-order valence-corrected chi connectivity index (χ3v) is 4.38. The molecule has 1 aliphatic heterocycles. The van der Waals surface area contributed by atoms with Gasteiger partial charge in [-0.2, -0.15) is 15.3 Å². The second-order valence-corrected chi connectivity index (χ2v) is 6.05. The van der Waals surface area contributed by atoms with Gasteiger partial charge in [0.25, 0.3) is 5.89 Å². The van der Waals surface area contributed by atoms with Crippen LogP contribution in [0.2, 0.25) is 0 Å². The summed E-state index contributed by atoms with van der Waals surface area (Å²) < 4.78 is 11.1. The molecule has 0 bridgehead atoms. The first kappa shape index (κ1) is 17.3. The van der Waals surface area contributed by atoms with E-state index in [1.165, 1.54) is 0 Å². The van der Waals surface area contributed by atoms with E-state index in [4.69, 9.17) is 9.26 Å². The van der Waals surface area contributed by atoms with Gasteiger partial charge in [0.05, 0.1) is 11.8 Å². The molecule has 3 heterocycles. The highest BCUT2D eigenvalue weighted by Gasteiger charge is 2.30. The molecule has 2 aromatic heterocycles. The van der Waals surface area contributed by atoms with Gasteiger partial charge in [-0.15, -0.1) is 5.10 Å². The summed E-state index contributed by atoms with van der Waals surface area (Å²) in [7, 11) is 0. The smallest absolute Gasteiger partial charge is 0.255 e. The highest BCUT2D eigenvalue weighted by molar-refractivity contribution is 5.56. The van der Waals surface area contributed by atoms with E-state index < -0.39 is 0 Å². The highest BCUT2D eigenvalue weighted by atomic mass is 16.5. The molecule has 132 valence electrons. The lowest BCUT2D eigenvalue weighted by Gasteiger charge is -2.15. The molecule has 0 radical (unpaired) electrons. The minimum atomic E-state index is -0.164. The number of hydrogen-bond acceptors (Lipinski definition) is 8. The van der Waals surface area contributed by atoms with Crippen LogP contribution in [0.5, 0.6) is 0 Å². The SMILES string of the molecule is CCc1nnc(NC[C@H]2CC[C@@H](c3nc(C)no3)O2)c(C#N)c1CC. The monoisotopic (exact) mass is 342 g/mol. The third kappa shape index (κ3) is 3.61. The second-order valence-electron chi connectivity index (χ2n) is 6.05. The van der Waals surface area contributed by atoms with Gasteiger partial charge in [-0.25, -0.2) is 0 Å². The Balaban J connectivity index is 1.65. The summed E-state index contributed by atoms with van der Waals surface area (Å²) in [4.78, 5) is 4.23. The van der Waals surface area contributed by atoms with Crippen LogP contribution in [0.3, 0.4) is 0 Å². The summed E-state index contributed by atoms with van der Waals surface area (Å²) in [5.74, 6) is 1.66. The Hall–Kier alpha value is -2.53. The summed E-state index contributed by atoms with van der Waals surface area (Å²) in [6.07, 6.45) is 3.07. The van der Waals surface area contributed by atoms with Gasteiger partial charge in [0.1, 0.15) is 17.7 Å². The molecule has 1 fully saturated rings. The Kier molecular flexibility index (Phi) is 5.24. The molecule has 8 heteroatoms. The van der Waals surface area contributed by atoms with Crippen LogP contribution < -0.4 is 5.32 Å². The van der Waals surface area contributed by atoms with Gasteiger partial charge in [0.15, 0.2) is 11.6 Å². The number of ether oxygens (including phenoxy) is 1. The summed E-state index contributed by atoms with van der Waals surface area (Å²) in [5, 5.41) is 25.0. The summed E-state index contributed by atoms with van der Waals surface area (Å²) in [6.45, 7) is 6.39. The summed E-state index contributed by atoms with van der Waals surface area (Å²) in [5.41, 5.74) is 2.43. The molecule has 0 unspecified atom stereocenters. The Bertz CT molecular complexity index is 782. The molecule has 1 aliphatic rings. The van der Waals surface area contributed by atoms with Crippen LogP contribution in [0.4, 0.5) is 5.82 Å². The largest absolute Gasteiger partial charge is 0.365 e. The van der Waals surface area contributed by atoms with Crippen molar-refractivity contribution in [3.8, 4) is 6.07 Å².